The van der Waals surface area contributed by atoms with Gasteiger partial charge in [0.05, 0.1) is 10.8 Å². The van der Waals surface area contributed by atoms with Gasteiger partial charge in [0.2, 0.25) is 27.7 Å². The SMILES string of the molecule is CC1(S(=O)(=O)NC(=O)[C@@]23C[C@@H]2/C=C\CCCCC[C@H](Nc2ccccc2)C(=O)N2C[C@H](n4nnc(-c5ccccc5)n4)C[C@H]2C(=O)N3)CC1. The van der Waals surface area contributed by atoms with Crippen molar-refractivity contribution in [3.05, 3.63) is 72.8 Å². The van der Waals surface area contributed by atoms with Crippen LogP contribution in [-0.4, -0.2) is 80.2 Å². The molecule has 2 saturated carbocycles. The monoisotopic (exact) mass is 686 g/mol. The molecule has 0 bridgehead atoms. The smallest absolute Gasteiger partial charge is 0.259 e. The molecule has 1 aromatic heterocycles. The average molecular weight is 687 g/mol. The summed E-state index contributed by atoms with van der Waals surface area (Å²) in [6.07, 6.45) is 9.24. The van der Waals surface area contributed by atoms with E-state index in [4.69, 9.17) is 0 Å². The Kier molecular flexibility index (Phi) is 8.76. The zero-order valence-electron chi connectivity index (χ0n) is 27.5. The third-order valence-electron chi connectivity index (χ3n) is 10.4. The summed E-state index contributed by atoms with van der Waals surface area (Å²) in [7, 11) is -3.93. The normalized spacial score (nSPS) is 29.0. The third kappa shape index (κ3) is 6.70. The molecule has 4 aliphatic rings. The molecule has 0 radical (unpaired) electrons. The largest absolute Gasteiger partial charge is 0.374 e. The molecular formula is C35H42N8O5S. The van der Waals surface area contributed by atoms with Crippen molar-refractivity contribution in [2.75, 3.05) is 11.9 Å². The number of tetrazole rings is 1. The molecule has 13 nitrogen and oxygen atoms in total. The lowest BCUT2D eigenvalue weighted by atomic mass is 10.0. The Labute approximate surface area is 285 Å². The van der Waals surface area contributed by atoms with Gasteiger partial charge in [-0.25, -0.2) is 8.42 Å². The number of amides is 3. The van der Waals surface area contributed by atoms with E-state index in [0.29, 0.717) is 25.1 Å². The molecule has 5 atom stereocenters. The minimum Gasteiger partial charge on any atom is -0.374 e. The van der Waals surface area contributed by atoms with Gasteiger partial charge in [0.1, 0.15) is 17.6 Å². The maximum absolute atomic E-state index is 14.5. The van der Waals surface area contributed by atoms with E-state index >= 15 is 0 Å². The molecule has 0 unspecified atom stereocenters. The highest BCUT2D eigenvalue weighted by Gasteiger charge is 2.63. The number of hydrogen-bond acceptors (Lipinski definition) is 9. The maximum Gasteiger partial charge on any atom is 0.259 e. The van der Waals surface area contributed by atoms with Crippen molar-refractivity contribution in [3.63, 3.8) is 0 Å². The second-order valence-electron chi connectivity index (χ2n) is 14.0. The molecule has 3 heterocycles. The minimum absolute atomic E-state index is 0.156. The molecule has 7 rings (SSSR count). The number of anilines is 1. The van der Waals surface area contributed by atoms with Crippen LogP contribution in [0, 0.1) is 5.92 Å². The third-order valence-corrected chi connectivity index (χ3v) is 12.6. The van der Waals surface area contributed by atoms with Crippen LogP contribution >= 0.6 is 0 Å². The van der Waals surface area contributed by atoms with Gasteiger partial charge in [-0.1, -0.05) is 73.5 Å². The predicted molar refractivity (Wildman–Crippen MR) is 182 cm³/mol. The Hall–Kier alpha value is -4.59. The Balaban J connectivity index is 1.20. The molecule has 2 aliphatic carbocycles. The first kappa shape index (κ1) is 32.9. The van der Waals surface area contributed by atoms with E-state index in [0.717, 1.165) is 36.9 Å². The van der Waals surface area contributed by atoms with E-state index in [1.54, 1.807) is 11.8 Å². The Morgan fingerprint density at radius 3 is 2.47 bits per heavy atom. The van der Waals surface area contributed by atoms with Gasteiger partial charge in [-0.15, -0.1) is 10.2 Å². The number of benzene rings is 2. The van der Waals surface area contributed by atoms with Gasteiger partial charge in [-0.2, -0.15) is 4.80 Å². The summed E-state index contributed by atoms with van der Waals surface area (Å²) in [6, 6.07) is 16.9. The summed E-state index contributed by atoms with van der Waals surface area (Å²) in [5.74, 6) is -1.44. The van der Waals surface area contributed by atoms with Gasteiger partial charge in [-0.05, 0) is 62.8 Å². The van der Waals surface area contributed by atoms with Gasteiger partial charge < -0.3 is 15.5 Å². The summed E-state index contributed by atoms with van der Waals surface area (Å²) in [5, 5.41) is 19.5. The van der Waals surface area contributed by atoms with Crippen molar-refractivity contribution >= 4 is 33.4 Å². The molecule has 3 amide bonds. The van der Waals surface area contributed by atoms with Crippen LogP contribution in [0.4, 0.5) is 5.69 Å². The van der Waals surface area contributed by atoms with Crippen LogP contribution in [0.3, 0.4) is 0 Å². The van der Waals surface area contributed by atoms with Gasteiger partial charge in [0.15, 0.2) is 0 Å². The van der Waals surface area contributed by atoms with Crippen LogP contribution < -0.4 is 15.4 Å². The summed E-state index contributed by atoms with van der Waals surface area (Å²) < 4.78 is 27.5. The first-order valence-corrected chi connectivity index (χ1v) is 18.6. The zero-order chi connectivity index (χ0) is 34.2. The number of para-hydroxylation sites is 1. The van der Waals surface area contributed by atoms with Crippen molar-refractivity contribution in [1.29, 1.82) is 0 Å². The molecule has 2 aliphatic heterocycles. The topological polar surface area (TPSA) is 168 Å². The van der Waals surface area contributed by atoms with E-state index < -0.39 is 50.2 Å². The molecule has 0 spiro atoms. The second-order valence-corrected chi connectivity index (χ2v) is 16.2. The standard InChI is InChI=1S/C35H42N8O5S/c1-34(19-20-34)49(47,48)40-33(46)35-22-25(35)15-9-3-2-4-12-18-28(36-26-16-10-6-11-17-26)32(45)42-23-27(21-29(42)31(44)37-35)43-39-30(38-41-43)24-13-7-5-8-14-24/h5-11,13-17,25,27-29,36H,2-4,12,18-23H2,1H3,(H,37,44)(H,40,46)/b15-9-/t25-,27+,28-,29-,35+/m0/s1. The van der Waals surface area contributed by atoms with E-state index in [-0.39, 0.29) is 31.2 Å². The number of hydrogen-bond donors (Lipinski definition) is 3. The number of rotatable bonds is 7. The molecule has 3 aromatic rings. The van der Waals surface area contributed by atoms with Crippen LogP contribution in [0.15, 0.2) is 72.8 Å². The van der Waals surface area contributed by atoms with Gasteiger partial charge >= 0.3 is 0 Å². The minimum atomic E-state index is -3.93. The summed E-state index contributed by atoms with van der Waals surface area (Å²) in [5.41, 5.74) is 0.149. The molecule has 3 fully saturated rings. The molecule has 3 N–H and O–H groups in total. The fourth-order valence-electron chi connectivity index (χ4n) is 6.86. The fraction of sp³-hybridized carbons (Fsp3) is 0.486. The van der Waals surface area contributed by atoms with E-state index in [9.17, 15) is 22.8 Å². The lowest BCUT2D eigenvalue weighted by Crippen LogP contribution is -2.58. The Bertz CT molecular complexity index is 1850. The number of sulfonamides is 1. The number of allylic oxidation sites excluding steroid dienone is 1. The first-order chi connectivity index (χ1) is 23.6. The highest BCUT2D eigenvalue weighted by molar-refractivity contribution is 7.91. The number of nitrogens with zero attached hydrogens (tertiary/aromatic N) is 5. The lowest BCUT2D eigenvalue weighted by molar-refractivity contribution is -0.140. The van der Waals surface area contributed by atoms with Crippen molar-refractivity contribution < 1.29 is 22.8 Å². The zero-order valence-corrected chi connectivity index (χ0v) is 28.3. The fourth-order valence-corrected chi connectivity index (χ4v) is 8.18. The molecule has 14 heteroatoms. The predicted octanol–water partition coefficient (Wildman–Crippen LogP) is 3.36. The summed E-state index contributed by atoms with van der Waals surface area (Å²) >= 11 is 0. The molecule has 258 valence electrons. The van der Waals surface area contributed by atoms with Crippen molar-refractivity contribution in [3.8, 4) is 11.4 Å². The van der Waals surface area contributed by atoms with Crippen LogP contribution in [0.25, 0.3) is 11.4 Å². The van der Waals surface area contributed by atoms with Crippen LogP contribution in [0.2, 0.25) is 0 Å². The summed E-state index contributed by atoms with van der Waals surface area (Å²) in [6.45, 7) is 1.77. The molecule has 2 aromatic carbocycles. The highest BCUT2D eigenvalue weighted by atomic mass is 32.2. The van der Waals surface area contributed by atoms with Gasteiger partial charge in [0, 0.05) is 30.1 Å². The van der Waals surface area contributed by atoms with Crippen LogP contribution in [0.5, 0.6) is 0 Å². The molecule has 1 saturated heterocycles. The van der Waals surface area contributed by atoms with E-state index in [1.165, 1.54) is 4.80 Å². The van der Waals surface area contributed by atoms with Crippen molar-refractivity contribution in [1.82, 2.24) is 35.1 Å². The van der Waals surface area contributed by atoms with E-state index in [2.05, 4.69) is 30.8 Å². The average Bonchev–Trinajstić information content (AvgIpc) is 3.86. The van der Waals surface area contributed by atoms with Crippen LogP contribution in [-0.2, 0) is 24.4 Å². The Morgan fingerprint density at radius 1 is 1.00 bits per heavy atom. The number of fused-ring (bicyclic) bond motifs is 2. The van der Waals surface area contributed by atoms with Crippen molar-refractivity contribution in [2.45, 2.75) is 93.1 Å². The first-order valence-electron chi connectivity index (χ1n) is 17.1. The number of aromatic nitrogens is 4. The lowest BCUT2D eigenvalue weighted by Gasteiger charge is -2.30. The second kappa shape index (κ2) is 13.0. The number of nitrogens with one attached hydrogen (secondary N) is 3. The van der Waals surface area contributed by atoms with Crippen molar-refractivity contribution in [2.24, 2.45) is 5.92 Å². The summed E-state index contributed by atoms with van der Waals surface area (Å²) in [4.78, 5) is 45.6. The van der Waals surface area contributed by atoms with Crippen LogP contribution in [0.1, 0.15) is 70.8 Å². The maximum atomic E-state index is 14.5. The quantitative estimate of drug-likeness (QED) is 0.316. The van der Waals surface area contributed by atoms with Gasteiger partial charge in [0.25, 0.3) is 5.91 Å². The highest BCUT2D eigenvalue weighted by Crippen LogP contribution is 2.47. The molecule has 49 heavy (non-hydrogen) atoms. The molecular weight excluding hydrogens is 645 g/mol. The number of carbonyl (C=O) groups excluding carboxylic acids is 3. The Morgan fingerprint density at radius 2 is 1.73 bits per heavy atom. The number of carbonyl (C=O) groups is 3. The van der Waals surface area contributed by atoms with Gasteiger partial charge in [-0.3, -0.25) is 19.1 Å². The van der Waals surface area contributed by atoms with E-state index in [1.807, 2.05) is 72.8 Å².